The average molecular weight is 298 g/mol. The summed E-state index contributed by atoms with van der Waals surface area (Å²) >= 11 is 1.81. The van der Waals surface area contributed by atoms with Crippen molar-refractivity contribution >= 4 is 11.8 Å². The predicted molar refractivity (Wildman–Crippen MR) is 89.5 cm³/mol. The Morgan fingerprint density at radius 2 is 2.05 bits per heavy atom. The summed E-state index contributed by atoms with van der Waals surface area (Å²) in [5.41, 5.74) is 2.76. The van der Waals surface area contributed by atoms with E-state index in [2.05, 4.69) is 65.5 Å². The van der Waals surface area contributed by atoms with Gasteiger partial charge in [-0.1, -0.05) is 43.3 Å². The topological polar surface area (TPSA) is 16.1 Å². The summed E-state index contributed by atoms with van der Waals surface area (Å²) in [5.74, 6) is 1.08. The molecule has 0 unspecified atom stereocenters. The first-order valence-electron chi connectivity index (χ1n) is 7.73. The van der Waals surface area contributed by atoms with Crippen LogP contribution in [-0.4, -0.2) is 22.2 Å². The molecule has 1 atom stereocenters. The maximum Gasteiger partial charge on any atom is 0.0959 e. The van der Waals surface area contributed by atoms with E-state index >= 15 is 0 Å². The van der Waals surface area contributed by atoms with Gasteiger partial charge in [0.1, 0.15) is 0 Å². The molecule has 1 aliphatic heterocycles. The van der Waals surface area contributed by atoms with E-state index in [-0.39, 0.29) is 0 Å². The Hall–Kier alpha value is -1.32. The normalized spacial score (nSPS) is 19.0. The van der Waals surface area contributed by atoms with Gasteiger partial charge in [0.2, 0.25) is 0 Å². The highest BCUT2D eigenvalue weighted by atomic mass is 32.2. The lowest BCUT2D eigenvalue weighted by Crippen LogP contribution is -2.22. The lowest BCUT2D eigenvalue weighted by molar-refractivity contribution is 0.248. The third-order valence-electron chi connectivity index (χ3n) is 4.03. The maximum absolute atomic E-state index is 4.59. The molecule has 2 aromatic rings. The predicted octanol–water partition coefficient (Wildman–Crippen LogP) is 4.53. The molecule has 0 spiro atoms. The molecule has 1 aromatic carbocycles. The fourth-order valence-corrected chi connectivity index (χ4v) is 3.62. The minimum absolute atomic E-state index is 0.526. The van der Waals surface area contributed by atoms with Crippen LogP contribution in [0.4, 0.5) is 0 Å². The van der Waals surface area contributed by atoms with Crippen LogP contribution in [0.5, 0.6) is 0 Å². The van der Waals surface area contributed by atoms with Crippen molar-refractivity contribution in [1.82, 2.24) is 9.88 Å². The van der Waals surface area contributed by atoms with Gasteiger partial charge in [0, 0.05) is 18.8 Å². The summed E-state index contributed by atoms with van der Waals surface area (Å²) in [6, 6.07) is 15.7. The number of pyridine rings is 1. The largest absolute Gasteiger partial charge is 0.292 e. The van der Waals surface area contributed by atoms with Crippen molar-refractivity contribution in [2.75, 3.05) is 12.3 Å². The Kier molecular flexibility index (Phi) is 4.94. The first-order chi connectivity index (χ1) is 10.4. The van der Waals surface area contributed by atoms with Gasteiger partial charge < -0.3 is 0 Å². The number of thioether (sulfide) groups is 1. The van der Waals surface area contributed by atoms with Crippen LogP contribution in [0.25, 0.3) is 0 Å². The van der Waals surface area contributed by atoms with Crippen LogP contribution in [-0.2, 0) is 6.54 Å². The van der Waals surface area contributed by atoms with Gasteiger partial charge in [-0.25, -0.2) is 4.98 Å². The van der Waals surface area contributed by atoms with Crippen LogP contribution in [0.1, 0.15) is 36.9 Å². The summed E-state index contributed by atoms with van der Waals surface area (Å²) in [4.78, 5) is 7.17. The van der Waals surface area contributed by atoms with Crippen molar-refractivity contribution in [3.63, 3.8) is 0 Å². The number of hydrogen-bond acceptors (Lipinski definition) is 3. The standard InChI is InChI=1S/C18H22N2S/c1-2-21-18-11-10-16(13-19-18)17-9-6-12-20(17)14-15-7-4-3-5-8-15/h3-5,7-8,10-11,13,17H,2,6,9,12,14H2,1H3/t17-/m1/s1. The molecule has 0 saturated carbocycles. The molecule has 1 aromatic heterocycles. The highest BCUT2D eigenvalue weighted by Crippen LogP contribution is 2.33. The number of hydrogen-bond donors (Lipinski definition) is 0. The van der Waals surface area contributed by atoms with Gasteiger partial charge in [-0.2, -0.15) is 0 Å². The van der Waals surface area contributed by atoms with Gasteiger partial charge >= 0.3 is 0 Å². The Morgan fingerprint density at radius 3 is 2.76 bits per heavy atom. The highest BCUT2D eigenvalue weighted by Gasteiger charge is 2.26. The smallest absolute Gasteiger partial charge is 0.0959 e. The first kappa shape index (κ1) is 14.6. The van der Waals surface area contributed by atoms with Crippen LogP contribution in [0.2, 0.25) is 0 Å². The van der Waals surface area contributed by atoms with Gasteiger partial charge in [-0.15, -0.1) is 11.8 Å². The van der Waals surface area contributed by atoms with Crippen molar-refractivity contribution in [1.29, 1.82) is 0 Å². The van der Waals surface area contributed by atoms with Gasteiger partial charge in [0.05, 0.1) is 5.03 Å². The van der Waals surface area contributed by atoms with Crippen LogP contribution in [0.15, 0.2) is 53.7 Å². The third kappa shape index (κ3) is 3.66. The molecule has 2 nitrogen and oxygen atoms in total. The molecule has 3 rings (SSSR count). The first-order valence-corrected chi connectivity index (χ1v) is 8.72. The molecule has 21 heavy (non-hydrogen) atoms. The van der Waals surface area contributed by atoms with Crippen LogP contribution >= 0.6 is 11.8 Å². The molecule has 1 aliphatic rings. The monoisotopic (exact) mass is 298 g/mol. The third-order valence-corrected chi connectivity index (χ3v) is 4.85. The van der Waals surface area contributed by atoms with Crippen molar-refractivity contribution in [2.45, 2.75) is 37.4 Å². The average Bonchev–Trinajstić information content (AvgIpc) is 2.98. The van der Waals surface area contributed by atoms with Gasteiger partial charge in [0.15, 0.2) is 0 Å². The minimum Gasteiger partial charge on any atom is -0.292 e. The molecule has 0 radical (unpaired) electrons. The fourth-order valence-electron chi connectivity index (χ4n) is 3.03. The van der Waals surface area contributed by atoms with E-state index in [1.54, 1.807) is 11.8 Å². The zero-order valence-corrected chi connectivity index (χ0v) is 13.4. The van der Waals surface area contributed by atoms with Gasteiger partial charge in [0.25, 0.3) is 0 Å². The zero-order chi connectivity index (χ0) is 14.5. The maximum atomic E-state index is 4.59. The van der Waals surface area contributed by atoms with E-state index in [1.807, 2.05) is 0 Å². The summed E-state index contributed by atoms with van der Waals surface area (Å²) in [6.07, 6.45) is 4.60. The molecule has 3 heteroatoms. The molecule has 110 valence electrons. The van der Waals surface area contributed by atoms with Crippen molar-refractivity contribution in [2.24, 2.45) is 0 Å². The highest BCUT2D eigenvalue weighted by molar-refractivity contribution is 7.99. The molecule has 1 saturated heterocycles. The summed E-state index contributed by atoms with van der Waals surface area (Å²) in [7, 11) is 0. The summed E-state index contributed by atoms with van der Waals surface area (Å²) in [5, 5.41) is 1.13. The van der Waals surface area contributed by atoms with Crippen molar-refractivity contribution in [3.8, 4) is 0 Å². The number of aromatic nitrogens is 1. The van der Waals surface area contributed by atoms with E-state index in [0.717, 1.165) is 17.3 Å². The Balaban J connectivity index is 1.71. The quantitative estimate of drug-likeness (QED) is 0.754. The second kappa shape index (κ2) is 7.10. The minimum atomic E-state index is 0.526. The SMILES string of the molecule is CCSc1ccc([C@H]2CCCN2Cc2ccccc2)cn1. The molecule has 0 N–H and O–H groups in total. The van der Waals surface area contributed by atoms with E-state index in [4.69, 9.17) is 0 Å². The fraction of sp³-hybridized carbons (Fsp3) is 0.389. The van der Waals surface area contributed by atoms with Crippen LogP contribution in [0.3, 0.4) is 0 Å². The van der Waals surface area contributed by atoms with Crippen molar-refractivity contribution in [3.05, 3.63) is 59.8 Å². The van der Waals surface area contributed by atoms with E-state index < -0.39 is 0 Å². The molecule has 1 fully saturated rings. The summed E-state index contributed by atoms with van der Waals surface area (Å²) in [6.45, 7) is 4.39. The molecule has 0 bridgehead atoms. The number of rotatable bonds is 5. The second-order valence-electron chi connectivity index (χ2n) is 5.48. The number of benzene rings is 1. The van der Waals surface area contributed by atoms with Crippen molar-refractivity contribution < 1.29 is 0 Å². The van der Waals surface area contributed by atoms with E-state index in [1.165, 1.54) is 30.5 Å². The van der Waals surface area contributed by atoms with Gasteiger partial charge in [-0.05, 0) is 42.3 Å². The van der Waals surface area contributed by atoms with E-state index in [9.17, 15) is 0 Å². The van der Waals surface area contributed by atoms with Crippen LogP contribution < -0.4 is 0 Å². The Morgan fingerprint density at radius 1 is 1.19 bits per heavy atom. The molecule has 0 amide bonds. The number of nitrogens with zero attached hydrogens (tertiary/aromatic N) is 2. The lowest BCUT2D eigenvalue weighted by Gasteiger charge is -2.24. The second-order valence-corrected chi connectivity index (χ2v) is 6.76. The van der Waals surface area contributed by atoms with E-state index in [0.29, 0.717) is 6.04 Å². The lowest BCUT2D eigenvalue weighted by atomic mass is 10.1. The van der Waals surface area contributed by atoms with Gasteiger partial charge in [-0.3, -0.25) is 4.90 Å². The zero-order valence-electron chi connectivity index (χ0n) is 12.5. The molecular formula is C18H22N2S. The Bertz CT molecular complexity index is 553. The molecule has 0 aliphatic carbocycles. The molecule has 2 heterocycles. The number of likely N-dealkylation sites (tertiary alicyclic amines) is 1. The molecular weight excluding hydrogens is 276 g/mol. The Labute approximate surface area is 131 Å². The van der Waals surface area contributed by atoms with Crippen LogP contribution in [0, 0.1) is 0 Å². The summed E-state index contributed by atoms with van der Waals surface area (Å²) < 4.78 is 0.